The molecule has 1 aromatic heterocycles. The lowest BCUT2D eigenvalue weighted by Crippen LogP contribution is -2.38. The Morgan fingerprint density at radius 2 is 2.35 bits per heavy atom. The molecule has 2 N–H and O–H groups in total. The van der Waals surface area contributed by atoms with Gasteiger partial charge in [0.1, 0.15) is 0 Å². The van der Waals surface area contributed by atoms with Crippen LogP contribution in [0.4, 0.5) is 0 Å². The smallest absolute Gasteiger partial charge is 0.191 e. The maximum absolute atomic E-state index is 5.69. The second-order valence-corrected chi connectivity index (χ2v) is 7.63. The van der Waals surface area contributed by atoms with E-state index in [1.165, 1.54) is 11.3 Å². The highest BCUT2D eigenvalue weighted by atomic mass is 127. The van der Waals surface area contributed by atoms with Gasteiger partial charge in [-0.2, -0.15) is 0 Å². The topological polar surface area (TPSA) is 54.9 Å². The van der Waals surface area contributed by atoms with Gasteiger partial charge >= 0.3 is 0 Å². The minimum Gasteiger partial charge on any atom is -0.379 e. The fourth-order valence-electron chi connectivity index (χ4n) is 2.80. The van der Waals surface area contributed by atoms with E-state index in [2.05, 4.69) is 42.0 Å². The molecule has 0 aliphatic carbocycles. The van der Waals surface area contributed by atoms with Crippen LogP contribution < -0.4 is 10.6 Å². The van der Waals surface area contributed by atoms with Crippen LogP contribution in [0, 0.1) is 5.92 Å². The number of nitrogens with one attached hydrogen (secondary N) is 2. The third-order valence-corrected chi connectivity index (χ3v) is 5.02. The van der Waals surface area contributed by atoms with Gasteiger partial charge in [-0.05, 0) is 50.0 Å². The maximum atomic E-state index is 5.69. The Hall–Kier alpha value is -0.380. The van der Waals surface area contributed by atoms with Crippen molar-refractivity contribution in [3.63, 3.8) is 0 Å². The normalized spacial score (nSPS) is 18.4. The summed E-state index contributed by atoms with van der Waals surface area (Å²) in [5.41, 5.74) is 0. The largest absolute Gasteiger partial charge is 0.379 e. The number of guanidine groups is 1. The second kappa shape index (κ2) is 14.6. The average molecular weight is 495 g/mol. The molecule has 0 saturated carbocycles. The van der Waals surface area contributed by atoms with E-state index in [1.807, 2.05) is 11.3 Å². The van der Waals surface area contributed by atoms with Gasteiger partial charge in [0.05, 0.1) is 12.7 Å². The van der Waals surface area contributed by atoms with Crippen molar-refractivity contribution in [3.8, 4) is 0 Å². The molecule has 150 valence electrons. The molecule has 2 unspecified atom stereocenters. The van der Waals surface area contributed by atoms with Crippen molar-refractivity contribution in [2.45, 2.75) is 45.6 Å². The summed E-state index contributed by atoms with van der Waals surface area (Å²) in [5, 5.41) is 8.84. The summed E-state index contributed by atoms with van der Waals surface area (Å²) >= 11 is 1.82. The highest BCUT2D eigenvalue weighted by Crippen LogP contribution is 2.14. The fraction of sp³-hybridized carbons (Fsp3) is 0.737. The lowest BCUT2D eigenvalue weighted by molar-refractivity contribution is 0.0168. The molecule has 0 bridgehead atoms. The second-order valence-electron chi connectivity index (χ2n) is 6.60. The Kier molecular flexibility index (Phi) is 13.3. The SMILES string of the molecule is CCNC(=NCC(C)Cc1cccs1)NCCCOCC1CCCO1.I. The van der Waals surface area contributed by atoms with Gasteiger partial charge in [-0.15, -0.1) is 35.3 Å². The molecule has 1 aromatic rings. The molecule has 5 nitrogen and oxygen atoms in total. The number of nitrogens with zero attached hydrogens (tertiary/aromatic N) is 1. The van der Waals surface area contributed by atoms with Crippen molar-refractivity contribution >= 4 is 41.3 Å². The van der Waals surface area contributed by atoms with Crippen molar-refractivity contribution in [3.05, 3.63) is 22.4 Å². The lowest BCUT2D eigenvalue weighted by atomic mass is 10.1. The van der Waals surface area contributed by atoms with Gasteiger partial charge in [-0.3, -0.25) is 4.99 Å². The van der Waals surface area contributed by atoms with Crippen LogP contribution in [0.5, 0.6) is 0 Å². The first-order chi connectivity index (χ1) is 12.3. The number of halogens is 1. The Morgan fingerprint density at radius 1 is 1.46 bits per heavy atom. The average Bonchev–Trinajstić information content (AvgIpc) is 3.29. The third kappa shape index (κ3) is 10.1. The van der Waals surface area contributed by atoms with E-state index in [9.17, 15) is 0 Å². The summed E-state index contributed by atoms with van der Waals surface area (Å²) in [6.07, 6.45) is 4.69. The van der Waals surface area contributed by atoms with E-state index in [-0.39, 0.29) is 24.0 Å². The molecular formula is C19H34IN3O2S. The molecule has 0 aromatic carbocycles. The summed E-state index contributed by atoms with van der Waals surface area (Å²) in [6, 6.07) is 4.31. The number of hydrogen-bond donors (Lipinski definition) is 2. The first-order valence-corrected chi connectivity index (χ1v) is 10.4. The highest BCUT2D eigenvalue weighted by molar-refractivity contribution is 14.0. The van der Waals surface area contributed by atoms with Crippen molar-refractivity contribution < 1.29 is 9.47 Å². The predicted molar refractivity (Wildman–Crippen MR) is 121 cm³/mol. The van der Waals surface area contributed by atoms with Crippen molar-refractivity contribution in [1.29, 1.82) is 0 Å². The summed E-state index contributed by atoms with van der Waals surface area (Å²) < 4.78 is 11.2. The Bertz CT molecular complexity index is 479. The van der Waals surface area contributed by atoms with Crippen molar-refractivity contribution in [2.24, 2.45) is 10.9 Å². The van der Waals surface area contributed by atoms with Crippen LogP contribution in [0.15, 0.2) is 22.5 Å². The Morgan fingerprint density at radius 3 is 3.04 bits per heavy atom. The van der Waals surface area contributed by atoms with E-state index < -0.39 is 0 Å². The number of rotatable bonds is 11. The summed E-state index contributed by atoms with van der Waals surface area (Å²) in [5.74, 6) is 1.45. The van der Waals surface area contributed by atoms with E-state index in [0.717, 1.165) is 64.7 Å². The van der Waals surface area contributed by atoms with Crippen LogP contribution in [0.25, 0.3) is 0 Å². The zero-order chi connectivity index (χ0) is 17.7. The predicted octanol–water partition coefficient (Wildman–Crippen LogP) is 3.69. The zero-order valence-corrected chi connectivity index (χ0v) is 19.2. The molecule has 1 aliphatic heterocycles. The number of ether oxygens (including phenoxy) is 2. The summed E-state index contributed by atoms with van der Waals surface area (Å²) in [4.78, 5) is 6.15. The molecule has 1 saturated heterocycles. The van der Waals surface area contributed by atoms with Gasteiger partial charge in [0.25, 0.3) is 0 Å². The molecule has 2 atom stereocenters. The monoisotopic (exact) mass is 495 g/mol. The van der Waals surface area contributed by atoms with Crippen LogP contribution in [0.1, 0.15) is 38.0 Å². The number of hydrogen-bond acceptors (Lipinski definition) is 4. The van der Waals surface area contributed by atoms with Gasteiger partial charge < -0.3 is 20.1 Å². The van der Waals surface area contributed by atoms with Gasteiger partial charge in [0.15, 0.2) is 5.96 Å². The maximum Gasteiger partial charge on any atom is 0.191 e. The van der Waals surface area contributed by atoms with Crippen LogP contribution in [-0.2, 0) is 15.9 Å². The van der Waals surface area contributed by atoms with Gasteiger partial charge in [0, 0.05) is 37.7 Å². The number of thiophene rings is 1. The highest BCUT2D eigenvalue weighted by Gasteiger charge is 2.14. The van der Waals surface area contributed by atoms with Crippen molar-refractivity contribution in [2.75, 3.05) is 39.5 Å². The molecule has 0 amide bonds. The molecular weight excluding hydrogens is 461 g/mol. The molecule has 2 heterocycles. The molecule has 0 spiro atoms. The van der Waals surface area contributed by atoms with Crippen LogP contribution in [-0.4, -0.2) is 51.5 Å². The summed E-state index contributed by atoms with van der Waals surface area (Å²) in [7, 11) is 0. The molecule has 1 aliphatic rings. The Balaban J connectivity index is 0.00000338. The molecule has 26 heavy (non-hydrogen) atoms. The quantitative estimate of drug-likeness (QED) is 0.213. The summed E-state index contributed by atoms with van der Waals surface area (Å²) in [6.45, 7) is 9.32. The van der Waals surface area contributed by atoms with Crippen LogP contribution in [0.2, 0.25) is 0 Å². The van der Waals surface area contributed by atoms with E-state index >= 15 is 0 Å². The van der Waals surface area contributed by atoms with Gasteiger partial charge in [0.2, 0.25) is 0 Å². The van der Waals surface area contributed by atoms with Crippen LogP contribution in [0.3, 0.4) is 0 Å². The van der Waals surface area contributed by atoms with Gasteiger partial charge in [-0.25, -0.2) is 0 Å². The first kappa shape index (κ1) is 23.7. The van der Waals surface area contributed by atoms with E-state index in [1.54, 1.807) is 0 Å². The Labute approximate surface area is 179 Å². The minimum atomic E-state index is 0. The van der Waals surface area contributed by atoms with E-state index in [4.69, 9.17) is 14.5 Å². The van der Waals surface area contributed by atoms with Crippen molar-refractivity contribution in [1.82, 2.24) is 10.6 Å². The van der Waals surface area contributed by atoms with Crippen LogP contribution >= 0.6 is 35.3 Å². The molecule has 7 heteroatoms. The third-order valence-electron chi connectivity index (χ3n) is 4.12. The number of aliphatic imine (C=N–C) groups is 1. The molecule has 0 radical (unpaired) electrons. The zero-order valence-electron chi connectivity index (χ0n) is 16.0. The van der Waals surface area contributed by atoms with E-state index in [0.29, 0.717) is 12.0 Å². The fourth-order valence-corrected chi connectivity index (χ4v) is 3.67. The molecule has 2 rings (SSSR count). The minimum absolute atomic E-state index is 0. The van der Waals surface area contributed by atoms with Gasteiger partial charge in [-0.1, -0.05) is 13.0 Å². The first-order valence-electron chi connectivity index (χ1n) is 9.51. The standard InChI is InChI=1S/C19H33N3O2S.HI/c1-3-20-19(22-14-16(2)13-18-8-5-12-25-18)21-9-6-10-23-15-17-7-4-11-24-17;/h5,8,12,16-17H,3-4,6-7,9-11,13-15H2,1-2H3,(H2,20,21,22);1H. The lowest BCUT2D eigenvalue weighted by Gasteiger charge is -2.14. The molecule has 1 fully saturated rings.